The summed E-state index contributed by atoms with van der Waals surface area (Å²) >= 11 is 0. The van der Waals surface area contributed by atoms with Crippen molar-refractivity contribution in [2.45, 2.75) is 18.4 Å². The molecule has 0 aromatic carbocycles. The van der Waals surface area contributed by atoms with Crippen molar-refractivity contribution in [2.24, 2.45) is 5.92 Å². The standard InChI is InChI=1S/C9H10O4/c1-12-9-5-3-2-4-6(9)7(10)13-8(9)11/h3,5-6H,2,4H2,1H3. The predicted octanol–water partition coefficient (Wildman–Crippen LogP) is 0.421. The van der Waals surface area contributed by atoms with Crippen molar-refractivity contribution >= 4 is 11.9 Å². The van der Waals surface area contributed by atoms with E-state index in [0.717, 1.165) is 6.42 Å². The smallest absolute Gasteiger partial charge is 0.351 e. The lowest BCUT2D eigenvalue weighted by molar-refractivity contribution is -0.157. The van der Waals surface area contributed by atoms with Crippen LogP contribution >= 0.6 is 0 Å². The Bertz CT molecular complexity index is 294. The van der Waals surface area contributed by atoms with Crippen LogP contribution in [0.15, 0.2) is 12.2 Å². The van der Waals surface area contributed by atoms with Crippen LogP contribution in [-0.4, -0.2) is 24.6 Å². The third-order valence-electron chi connectivity index (χ3n) is 2.64. The highest BCUT2D eigenvalue weighted by Crippen LogP contribution is 2.38. The van der Waals surface area contributed by atoms with Gasteiger partial charge in [-0.1, -0.05) is 6.08 Å². The number of methoxy groups -OCH3 is 1. The summed E-state index contributed by atoms with van der Waals surface area (Å²) in [6, 6.07) is 0. The molecule has 0 aromatic rings. The number of esters is 2. The van der Waals surface area contributed by atoms with Gasteiger partial charge in [0.25, 0.3) is 0 Å². The first kappa shape index (κ1) is 8.44. The van der Waals surface area contributed by atoms with Gasteiger partial charge in [0.05, 0.1) is 0 Å². The van der Waals surface area contributed by atoms with Gasteiger partial charge in [-0.25, -0.2) is 4.79 Å². The van der Waals surface area contributed by atoms with Crippen LogP contribution in [0.3, 0.4) is 0 Å². The van der Waals surface area contributed by atoms with Crippen molar-refractivity contribution < 1.29 is 19.1 Å². The maximum Gasteiger partial charge on any atom is 0.351 e. The summed E-state index contributed by atoms with van der Waals surface area (Å²) in [5.41, 5.74) is -1.13. The third-order valence-corrected chi connectivity index (χ3v) is 2.64. The number of hydrogen-bond donors (Lipinski definition) is 0. The van der Waals surface area contributed by atoms with Gasteiger partial charge in [-0.2, -0.15) is 0 Å². The van der Waals surface area contributed by atoms with Crippen LogP contribution in [-0.2, 0) is 19.1 Å². The number of cyclic esters (lactones) is 2. The molecule has 0 bridgehead atoms. The van der Waals surface area contributed by atoms with E-state index in [9.17, 15) is 9.59 Å². The minimum atomic E-state index is -1.13. The lowest BCUT2D eigenvalue weighted by atomic mass is 9.82. The Labute approximate surface area is 75.5 Å². The van der Waals surface area contributed by atoms with E-state index in [1.165, 1.54) is 7.11 Å². The van der Waals surface area contributed by atoms with E-state index >= 15 is 0 Å². The molecule has 0 saturated carbocycles. The molecule has 1 saturated heterocycles. The molecule has 0 amide bonds. The van der Waals surface area contributed by atoms with Crippen LogP contribution in [0.2, 0.25) is 0 Å². The van der Waals surface area contributed by atoms with E-state index in [2.05, 4.69) is 4.74 Å². The van der Waals surface area contributed by atoms with Gasteiger partial charge >= 0.3 is 11.9 Å². The lowest BCUT2D eigenvalue weighted by Gasteiger charge is -2.27. The molecule has 4 heteroatoms. The van der Waals surface area contributed by atoms with Gasteiger partial charge in [0, 0.05) is 7.11 Å². The van der Waals surface area contributed by atoms with E-state index in [4.69, 9.17) is 4.74 Å². The summed E-state index contributed by atoms with van der Waals surface area (Å²) in [6.45, 7) is 0. The van der Waals surface area contributed by atoms with Crippen LogP contribution < -0.4 is 0 Å². The molecule has 0 radical (unpaired) electrons. The summed E-state index contributed by atoms with van der Waals surface area (Å²) in [4.78, 5) is 22.6. The van der Waals surface area contributed by atoms with Crippen LogP contribution in [0.5, 0.6) is 0 Å². The van der Waals surface area contributed by atoms with Crippen LogP contribution in [0.4, 0.5) is 0 Å². The van der Waals surface area contributed by atoms with Crippen molar-refractivity contribution in [3.8, 4) is 0 Å². The van der Waals surface area contributed by atoms with Gasteiger partial charge < -0.3 is 9.47 Å². The number of rotatable bonds is 1. The Morgan fingerprint density at radius 1 is 1.62 bits per heavy atom. The summed E-state index contributed by atoms with van der Waals surface area (Å²) in [7, 11) is 1.42. The molecule has 4 nitrogen and oxygen atoms in total. The maximum absolute atomic E-state index is 11.4. The Kier molecular flexibility index (Phi) is 1.73. The van der Waals surface area contributed by atoms with E-state index in [-0.39, 0.29) is 0 Å². The summed E-state index contributed by atoms with van der Waals surface area (Å²) in [5, 5.41) is 0. The fourth-order valence-corrected chi connectivity index (χ4v) is 1.89. The minimum absolute atomic E-state index is 0.449. The van der Waals surface area contributed by atoms with E-state index in [1.54, 1.807) is 6.08 Å². The molecule has 0 N–H and O–H groups in total. The summed E-state index contributed by atoms with van der Waals surface area (Å²) in [5.74, 6) is -1.49. The molecule has 13 heavy (non-hydrogen) atoms. The molecule has 2 unspecified atom stereocenters. The van der Waals surface area contributed by atoms with Crippen LogP contribution in [0.25, 0.3) is 0 Å². The van der Waals surface area contributed by atoms with Crippen molar-refractivity contribution in [3.05, 3.63) is 12.2 Å². The van der Waals surface area contributed by atoms with Gasteiger partial charge in [-0.15, -0.1) is 0 Å². The maximum atomic E-state index is 11.4. The molecular formula is C9H10O4. The first-order chi connectivity index (χ1) is 6.20. The third kappa shape index (κ3) is 0.951. The highest BCUT2D eigenvalue weighted by Gasteiger charge is 2.57. The topological polar surface area (TPSA) is 52.6 Å². The molecule has 1 heterocycles. The predicted molar refractivity (Wildman–Crippen MR) is 42.7 cm³/mol. The Balaban J connectivity index is 2.45. The van der Waals surface area contributed by atoms with E-state index < -0.39 is 23.5 Å². The van der Waals surface area contributed by atoms with Gasteiger partial charge in [0.15, 0.2) is 5.60 Å². The van der Waals surface area contributed by atoms with Crippen LogP contribution in [0, 0.1) is 5.92 Å². The van der Waals surface area contributed by atoms with E-state index in [0.29, 0.717) is 6.42 Å². The fraction of sp³-hybridized carbons (Fsp3) is 0.556. The molecule has 1 aliphatic carbocycles. The quantitative estimate of drug-likeness (QED) is 0.335. The molecule has 2 aliphatic rings. The number of allylic oxidation sites excluding steroid dienone is 1. The lowest BCUT2D eigenvalue weighted by Crippen LogP contribution is -2.43. The second-order valence-corrected chi connectivity index (χ2v) is 3.24. The molecule has 2 rings (SSSR count). The second kappa shape index (κ2) is 2.67. The van der Waals surface area contributed by atoms with Gasteiger partial charge in [0.1, 0.15) is 5.92 Å². The summed E-state index contributed by atoms with van der Waals surface area (Å²) < 4.78 is 9.65. The number of ether oxygens (including phenoxy) is 2. The van der Waals surface area contributed by atoms with Crippen molar-refractivity contribution in [1.82, 2.24) is 0 Å². The molecule has 0 aromatic heterocycles. The molecule has 0 spiro atoms. The number of fused-ring (bicyclic) bond motifs is 1. The normalized spacial score (nSPS) is 37.5. The number of carbonyl (C=O) groups excluding carboxylic acids is 2. The largest absolute Gasteiger partial charge is 0.390 e. The number of hydrogen-bond acceptors (Lipinski definition) is 4. The monoisotopic (exact) mass is 182 g/mol. The zero-order chi connectivity index (χ0) is 9.47. The Morgan fingerprint density at radius 2 is 2.38 bits per heavy atom. The highest BCUT2D eigenvalue weighted by molar-refractivity contribution is 6.02. The van der Waals surface area contributed by atoms with Crippen molar-refractivity contribution in [2.75, 3.05) is 7.11 Å². The zero-order valence-electron chi connectivity index (χ0n) is 7.28. The first-order valence-electron chi connectivity index (χ1n) is 4.19. The Morgan fingerprint density at radius 3 is 3.00 bits per heavy atom. The van der Waals surface area contributed by atoms with Gasteiger partial charge in [-0.05, 0) is 18.9 Å². The first-order valence-corrected chi connectivity index (χ1v) is 4.19. The average Bonchev–Trinajstić information content (AvgIpc) is 2.41. The fourth-order valence-electron chi connectivity index (χ4n) is 1.89. The van der Waals surface area contributed by atoms with E-state index in [1.807, 2.05) is 6.08 Å². The van der Waals surface area contributed by atoms with Gasteiger partial charge in [0.2, 0.25) is 0 Å². The van der Waals surface area contributed by atoms with Crippen molar-refractivity contribution in [1.29, 1.82) is 0 Å². The second-order valence-electron chi connectivity index (χ2n) is 3.24. The average molecular weight is 182 g/mol. The molecule has 1 fully saturated rings. The molecule has 2 atom stereocenters. The Hall–Kier alpha value is -1.16. The molecular weight excluding hydrogens is 172 g/mol. The summed E-state index contributed by atoms with van der Waals surface area (Å²) in [6.07, 6.45) is 4.89. The number of carbonyl (C=O) groups is 2. The molecule has 70 valence electrons. The van der Waals surface area contributed by atoms with Gasteiger partial charge in [-0.3, -0.25) is 4.79 Å². The molecule has 1 aliphatic heterocycles. The van der Waals surface area contributed by atoms with Crippen molar-refractivity contribution in [3.63, 3.8) is 0 Å². The highest BCUT2D eigenvalue weighted by atomic mass is 16.6. The van der Waals surface area contributed by atoms with Crippen LogP contribution in [0.1, 0.15) is 12.8 Å². The zero-order valence-corrected chi connectivity index (χ0v) is 7.28. The SMILES string of the molecule is COC12C=CCCC1C(=O)OC2=O. The minimum Gasteiger partial charge on any atom is -0.390 e.